The van der Waals surface area contributed by atoms with Crippen molar-refractivity contribution in [1.82, 2.24) is 0 Å². The molecular weight excluding hydrogens is 240 g/mol. The van der Waals surface area contributed by atoms with Crippen LogP contribution in [-0.2, 0) is 0 Å². The van der Waals surface area contributed by atoms with Gasteiger partial charge in [-0.15, -0.1) is 0 Å². The van der Waals surface area contributed by atoms with E-state index in [0.717, 1.165) is 17.1 Å². The van der Waals surface area contributed by atoms with Crippen LogP contribution >= 0.6 is 0 Å². The van der Waals surface area contributed by atoms with E-state index < -0.39 is 0 Å². The number of anilines is 2. The van der Waals surface area contributed by atoms with E-state index in [4.69, 9.17) is 14.7 Å². The third-order valence-corrected chi connectivity index (χ3v) is 2.73. The SMILES string of the molecule is COc1ccc(Nc2ccccc2C#N)c(OC)c1. The summed E-state index contributed by atoms with van der Waals surface area (Å²) in [5.74, 6) is 1.38. The second-order valence-electron chi connectivity index (χ2n) is 3.85. The zero-order valence-electron chi connectivity index (χ0n) is 10.8. The molecule has 19 heavy (non-hydrogen) atoms. The Bertz CT molecular complexity index is 618. The second-order valence-corrected chi connectivity index (χ2v) is 3.85. The molecule has 2 aromatic carbocycles. The molecule has 0 amide bonds. The standard InChI is InChI=1S/C15H14N2O2/c1-18-12-7-8-14(15(9-12)19-2)17-13-6-4-3-5-11(13)10-16/h3-9,17H,1-2H3. The summed E-state index contributed by atoms with van der Waals surface area (Å²) in [5.41, 5.74) is 2.11. The summed E-state index contributed by atoms with van der Waals surface area (Å²) in [6.45, 7) is 0. The van der Waals surface area contributed by atoms with Crippen molar-refractivity contribution in [2.75, 3.05) is 19.5 Å². The summed E-state index contributed by atoms with van der Waals surface area (Å²) in [4.78, 5) is 0. The molecule has 0 heterocycles. The molecular formula is C15H14N2O2. The normalized spacial score (nSPS) is 9.53. The average Bonchev–Trinajstić information content (AvgIpc) is 2.48. The van der Waals surface area contributed by atoms with E-state index in [9.17, 15) is 0 Å². The fourth-order valence-corrected chi connectivity index (χ4v) is 1.74. The van der Waals surface area contributed by atoms with E-state index in [1.165, 1.54) is 0 Å². The fraction of sp³-hybridized carbons (Fsp3) is 0.133. The highest BCUT2D eigenvalue weighted by atomic mass is 16.5. The van der Waals surface area contributed by atoms with Crippen molar-refractivity contribution in [1.29, 1.82) is 5.26 Å². The Hall–Kier alpha value is -2.67. The Kier molecular flexibility index (Phi) is 3.89. The van der Waals surface area contributed by atoms with Crippen LogP contribution in [0.4, 0.5) is 11.4 Å². The molecule has 0 unspecified atom stereocenters. The Morgan fingerprint density at radius 2 is 1.79 bits per heavy atom. The number of nitriles is 1. The van der Waals surface area contributed by atoms with E-state index in [0.29, 0.717) is 11.3 Å². The van der Waals surface area contributed by atoms with Gasteiger partial charge in [-0.25, -0.2) is 0 Å². The zero-order chi connectivity index (χ0) is 13.7. The van der Waals surface area contributed by atoms with E-state index in [1.54, 1.807) is 26.4 Å². The largest absolute Gasteiger partial charge is 0.497 e. The van der Waals surface area contributed by atoms with Crippen LogP contribution in [0, 0.1) is 11.3 Å². The van der Waals surface area contributed by atoms with Crippen molar-refractivity contribution in [3.63, 3.8) is 0 Å². The van der Waals surface area contributed by atoms with Gasteiger partial charge in [-0.3, -0.25) is 0 Å². The number of para-hydroxylation sites is 1. The molecule has 0 bridgehead atoms. The highest BCUT2D eigenvalue weighted by molar-refractivity contribution is 5.71. The molecule has 0 atom stereocenters. The number of nitrogens with one attached hydrogen (secondary N) is 1. The van der Waals surface area contributed by atoms with Crippen LogP contribution in [0.2, 0.25) is 0 Å². The predicted molar refractivity (Wildman–Crippen MR) is 74.0 cm³/mol. The number of rotatable bonds is 4. The van der Waals surface area contributed by atoms with Crippen LogP contribution in [0.5, 0.6) is 11.5 Å². The van der Waals surface area contributed by atoms with E-state index in [1.807, 2.05) is 30.3 Å². The maximum Gasteiger partial charge on any atom is 0.145 e. The van der Waals surface area contributed by atoms with Gasteiger partial charge < -0.3 is 14.8 Å². The van der Waals surface area contributed by atoms with Crippen molar-refractivity contribution in [3.05, 3.63) is 48.0 Å². The van der Waals surface area contributed by atoms with Crippen molar-refractivity contribution in [2.24, 2.45) is 0 Å². The first-order valence-electron chi connectivity index (χ1n) is 5.76. The van der Waals surface area contributed by atoms with Gasteiger partial charge in [0.25, 0.3) is 0 Å². The second kappa shape index (κ2) is 5.78. The molecule has 1 N–H and O–H groups in total. The number of hydrogen-bond donors (Lipinski definition) is 1. The highest BCUT2D eigenvalue weighted by Crippen LogP contribution is 2.32. The summed E-state index contributed by atoms with van der Waals surface area (Å²) >= 11 is 0. The van der Waals surface area contributed by atoms with Crippen molar-refractivity contribution < 1.29 is 9.47 Å². The zero-order valence-corrected chi connectivity index (χ0v) is 10.8. The molecule has 2 aromatic rings. The van der Waals surface area contributed by atoms with Gasteiger partial charge in [0.15, 0.2) is 0 Å². The molecule has 0 aliphatic heterocycles. The first-order chi connectivity index (χ1) is 9.28. The van der Waals surface area contributed by atoms with Gasteiger partial charge >= 0.3 is 0 Å². The smallest absolute Gasteiger partial charge is 0.145 e. The average molecular weight is 254 g/mol. The molecule has 4 heteroatoms. The molecule has 96 valence electrons. The minimum absolute atomic E-state index is 0.584. The Morgan fingerprint density at radius 3 is 2.47 bits per heavy atom. The lowest BCUT2D eigenvalue weighted by Crippen LogP contribution is -1.97. The molecule has 0 spiro atoms. The van der Waals surface area contributed by atoms with Gasteiger partial charge in [0.05, 0.1) is 31.2 Å². The summed E-state index contributed by atoms with van der Waals surface area (Å²) in [5, 5.41) is 12.3. The first kappa shape index (κ1) is 12.8. The summed E-state index contributed by atoms with van der Waals surface area (Å²) in [7, 11) is 3.20. The van der Waals surface area contributed by atoms with Crippen molar-refractivity contribution in [3.8, 4) is 17.6 Å². The predicted octanol–water partition coefficient (Wildman–Crippen LogP) is 3.32. The number of methoxy groups -OCH3 is 2. The molecule has 4 nitrogen and oxygen atoms in total. The molecule has 0 fully saturated rings. The quantitative estimate of drug-likeness (QED) is 0.909. The minimum atomic E-state index is 0.584. The molecule has 0 aliphatic carbocycles. The summed E-state index contributed by atoms with van der Waals surface area (Å²) in [6, 6.07) is 14.9. The lowest BCUT2D eigenvalue weighted by Gasteiger charge is -2.13. The van der Waals surface area contributed by atoms with Crippen molar-refractivity contribution >= 4 is 11.4 Å². The van der Waals surface area contributed by atoms with Crippen LogP contribution in [0.15, 0.2) is 42.5 Å². The monoisotopic (exact) mass is 254 g/mol. The van der Waals surface area contributed by atoms with Gasteiger partial charge in [-0.05, 0) is 24.3 Å². The first-order valence-corrected chi connectivity index (χ1v) is 5.76. The lowest BCUT2D eigenvalue weighted by atomic mass is 10.2. The molecule has 0 aliphatic rings. The molecule has 0 aromatic heterocycles. The minimum Gasteiger partial charge on any atom is -0.497 e. The summed E-state index contributed by atoms with van der Waals surface area (Å²) in [6.07, 6.45) is 0. The summed E-state index contributed by atoms with van der Waals surface area (Å²) < 4.78 is 10.5. The van der Waals surface area contributed by atoms with Gasteiger partial charge in [0, 0.05) is 6.07 Å². The third-order valence-electron chi connectivity index (χ3n) is 2.73. The Balaban J connectivity index is 2.36. The number of benzene rings is 2. The van der Waals surface area contributed by atoms with Gasteiger partial charge in [0.2, 0.25) is 0 Å². The van der Waals surface area contributed by atoms with Crippen LogP contribution in [0.25, 0.3) is 0 Å². The van der Waals surface area contributed by atoms with E-state index in [2.05, 4.69) is 11.4 Å². The third kappa shape index (κ3) is 2.78. The van der Waals surface area contributed by atoms with Crippen LogP contribution < -0.4 is 14.8 Å². The lowest BCUT2D eigenvalue weighted by molar-refractivity contribution is 0.395. The fourth-order valence-electron chi connectivity index (χ4n) is 1.74. The van der Waals surface area contributed by atoms with Crippen LogP contribution in [0.3, 0.4) is 0 Å². The van der Waals surface area contributed by atoms with Gasteiger partial charge in [-0.1, -0.05) is 12.1 Å². The molecule has 0 radical (unpaired) electrons. The number of nitrogens with zero attached hydrogens (tertiary/aromatic N) is 1. The topological polar surface area (TPSA) is 54.3 Å². The van der Waals surface area contributed by atoms with E-state index >= 15 is 0 Å². The molecule has 2 rings (SSSR count). The maximum absolute atomic E-state index is 9.06. The Morgan fingerprint density at radius 1 is 1.00 bits per heavy atom. The highest BCUT2D eigenvalue weighted by Gasteiger charge is 2.07. The molecule has 0 saturated heterocycles. The van der Waals surface area contributed by atoms with E-state index in [-0.39, 0.29) is 0 Å². The maximum atomic E-state index is 9.06. The van der Waals surface area contributed by atoms with Gasteiger partial charge in [0.1, 0.15) is 17.6 Å². The van der Waals surface area contributed by atoms with Gasteiger partial charge in [-0.2, -0.15) is 5.26 Å². The molecule has 0 saturated carbocycles. The van der Waals surface area contributed by atoms with Crippen molar-refractivity contribution in [2.45, 2.75) is 0 Å². The van der Waals surface area contributed by atoms with Crippen LogP contribution in [0.1, 0.15) is 5.56 Å². The Labute approximate surface area is 112 Å². The number of ether oxygens (including phenoxy) is 2. The van der Waals surface area contributed by atoms with Crippen LogP contribution in [-0.4, -0.2) is 14.2 Å². The number of hydrogen-bond acceptors (Lipinski definition) is 4.